The van der Waals surface area contributed by atoms with Crippen LogP contribution in [0.15, 0.2) is 12.1 Å². The maximum absolute atomic E-state index is 9.47. The molecular formula is C12H16ClNO. The van der Waals surface area contributed by atoms with Crippen LogP contribution in [0.2, 0.25) is 5.02 Å². The molecule has 0 amide bonds. The van der Waals surface area contributed by atoms with Crippen molar-refractivity contribution in [3.8, 4) is 5.75 Å². The van der Waals surface area contributed by atoms with Gasteiger partial charge in [-0.3, -0.25) is 0 Å². The number of phenols is 1. The Morgan fingerprint density at radius 3 is 2.73 bits per heavy atom. The summed E-state index contributed by atoms with van der Waals surface area (Å²) in [4.78, 5) is 0. The van der Waals surface area contributed by atoms with Crippen molar-refractivity contribution in [2.24, 2.45) is 5.73 Å². The van der Waals surface area contributed by atoms with Crippen LogP contribution in [0.5, 0.6) is 5.75 Å². The Labute approximate surface area is 95.1 Å². The highest BCUT2D eigenvalue weighted by molar-refractivity contribution is 6.32. The second-order valence-corrected chi connectivity index (χ2v) is 4.98. The Hall–Kier alpha value is -0.730. The lowest BCUT2D eigenvalue weighted by Gasteiger charge is -2.11. The van der Waals surface area contributed by atoms with Crippen LogP contribution in [0, 0.1) is 6.92 Å². The van der Waals surface area contributed by atoms with Gasteiger partial charge >= 0.3 is 0 Å². The number of nitrogens with two attached hydrogens (primary N) is 1. The minimum atomic E-state index is 0.0443. The summed E-state index contributed by atoms with van der Waals surface area (Å²) in [5, 5.41) is 10.2. The first-order chi connectivity index (χ1) is 7.00. The van der Waals surface area contributed by atoms with E-state index in [0.29, 0.717) is 0 Å². The molecule has 1 fully saturated rings. The number of aromatic hydroxyl groups is 1. The molecule has 1 aliphatic carbocycles. The van der Waals surface area contributed by atoms with E-state index < -0.39 is 0 Å². The van der Waals surface area contributed by atoms with E-state index in [2.05, 4.69) is 0 Å². The van der Waals surface area contributed by atoms with Crippen LogP contribution in [0.3, 0.4) is 0 Å². The average molecular weight is 226 g/mol. The largest absolute Gasteiger partial charge is 0.508 e. The number of rotatable bonds is 3. The summed E-state index contributed by atoms with van der Waals surface area (Å²) in [6.45, 7) is 1.90. The maximum atomic E-state index is 9.47. The van der Waals surface area contributed by atoms with Crippen molar-refractivity contribution in [2.45, 2.75) is 38.1 Å². The van der Waals surface area contributed by atoms with E-state index in [1.165, 1.54) is 0 Å². The lowest BCUT2D eigenvalue weighted by atomic mass is 10.0. The van der Waals surface area contributed by atoms with Gasteiger partial charge in [-0.1, -0.05) is 11.6 Å². The molecule has 0 saturated heterocycles. The lowest BCUT2D eigenvalue weighted by Crippen LogP contribution is -2.22. The third-order valence-electron chi connectivity index (χ3n) is 3.10. The highest BCUT2D eigenvalue weighted by Crippen LogP contribution is 2.38. The molecule has 2 rings (SSSR count). The lowest BCUT2D eigenvalue weighted by molar-refractivity contribution is 0.473. The van der Waals surface area contributed by atoms with Gasteiger partial charge in [0.1, 0.15) is 5.75 Å². The second-order valence-electron chi connectivity index (χ2n) is 4.60. The van der Waals surface area contributed by atoms with Crippen molar-refractivity contribution in [3.63, 3.8) is 0 Å². The highest BCUT2D eigenvalue weighted by Gasteiger charge is 2.37. The molecule has 2 nitrogen and oxygen atoms in total. The number of halogens is 1. The molecule has 1 saturated carbocycles. The summed E-state index contributed by atoms with van der Waals surface area (Å²) < 4.78 is 0. The third-order valence-corrected chi connectivity index (χ3v) is 3.64. The van der Waals surface area contributed by atoms with Crippen LogP contribution in [0.1, 0.15) is 30.4 Å². The van der Waals surface area contributed by atoms with E-state index in [1.807, 2.05) is 6.92 Å². The standard InChI is InChI=1S/C12H16ClNO/c1-8-6-10(15)7-9(11(8)13)2-3-12(14)4-5-12/h6-7,15H,2-5,14H2,1H3. The second kappa shape index (κ2) is 3.69. The smallest absolute Gasteiger partial charge is 0.116 e. The fourth-order valence-corrected chi connectivity index (χ4v) is 2.00. The van der Waals surface area contributed by atoms with E-state index >= 15 is 0 Å². The molecule has 1 aromatic carbocycles. The van der Waals surface area contributed by atoms with Gasteiger partial charge in [0.15, 0.2) is 0 Å². The van der Waals surface area contributed by atoms with Crippen molar-refractivity contribution in [2.75, 3.05) is 0 Å². The number of hydrogen-bond acceptors (Lipinski definition) is 2. The van der Waals surface area contributed by atoms with Crippen molar-refractivity contribution in [3.05, 3.63) is 28.3 Å². The molecule has 0 unspecified atom stereocenters. The molecular weight excluding hydrogens is 210 g/mol. The zero-order valence-corrected chi connectivity index (χ0v) is 9.64. The first-order valence-electron chi connectivity index (χ1n) is 5.27. The van der Waals surface area contributed by atoms with Gasteiger partial charge in [-0.2, -0.15) is 0 Å². The molecule has 3 heteroatoms. The zero-order chi connectivity index (χ0) is 11.1. The summed E-state index contributed by atoms with van der Waals surface area (Å²) in [7, 11) is 0. The number of phenolic OH excluding ortho intramolecular Hbond substituents is 1. The third kappa shape index (κ3) is 2.44. The molecule has 15 heavy (non-hydrogen) atoms. The Morgan fingerprint density at radius 2 is 2.13 bits per heavy atom. The molecule has 1 aromatic rings. The van der Waals surface area contributed by atoms with Gasteiger partial charge in [-0.25, -0.2) is 0 Å². The van der Waals surface area contributed by atoms with Crippen molar-refractivity contribution < 1.29 is 5.11 Å². The minimum Gasteiger partial charge on any atom is -0.508 e. The fraction of sp³-hybridized carbons (Fsp3) is 0.500. The van der Waals surface area contributed by atoms with E-state index in [9.17, 15) is 5.11 Å². The molecule has 1 aliphatic rings. The summed E-state index contributed by atoms with van der Waals surface area (Å²) >= 11 is 6.16. The van der Waals surface area contributed by atoms with Gasteiger partial charge in [0.05, 0.1) is 0 Å². The van der Waals surface area contributed by atoms with Gasteiger partial charge in [0.2, 0.25) is 0 Å². The number of benzene rings is 1. The van der Waals surface area contributed by atoms with E-state index in [4.69, 9.17) is 17.3 Å². The molecule has 0 spiro atoms. The molecule has 3 N–H and O–H groups in total. The van der Waals surface area contributed by atoms with Crippen LogP contribution in [0.4, 0.5) is 0 Å². The average Bonchev–Trinajstić information content (AvgIpc) is 2.88. The summed E-state index contributed by atoms with van der Waals surface area (Å²) in [6, 6.07) is 3.42. The monoisotopic (exact) mass is 225 g/mol. The molecule has 0 aliphatic heterocycles. The summed E-state index contributed by atoms with van der Waals surface area (Å²) in [5.74, 6) is 0.286. The first kappa shape index (κ1) is 10.8. The van der Waals surface area contributed by atoms with Crippen LogP contribution >= 0.6 is 11.6 Å². The topological polar surface area (TPSA) is 46.2 Å². The Kier molecular flexibility index (Phi) is 2.65. The Morgan fingerprint density at radius 1 is 1.47 bits per heavy atom. The zero-order valence-electron chi connectivity index (χ0n) is 8.89. The van der Waals surface area contributed by atoms with Crippen molar-refractivity contribution in [1.82, 2.24) is 0 Å². The van der Waals surface area contributed by atoms with Gasteiger partial charge in [-0.15, -0.1) is 0 Å². The SMILES string of the molecule is Cc1cc(O)cc(CCC2(N)CC2)c1Cl. The first-order valence-corrected chi connectivity index (χ1v) is 5.65. The van der Waals surface area contributed by atoms with Crippen LogP contribution in [-0.2, 0) is 6.42 Å². The fourth-order valence-electron chi connectivity index (χ4n) is 1.80. The quantitative estimate of drug-likeness (QED) is 0.831. The van der Waals surface area contributed by atoms with Crippen LogP contribution in [0.25, 0.3) is 0 Å². The predicted octanol–water partition coefficient (Wildman–Crippen LogP) is 2.78. The summed E-state index contributed by atoms with van der Waals surface area (Å²) in [5.41, 5.74) is 7.99. The number of hydrogen-bond donors (Lipinski definition) is 2. The van der Waals surface area contributed by atoms with Crippen molar-refractivity contribution >= 4 is 11.6 Å². The Balaban J connectivity index is 2.13. The van der Waals surface area contributed by atoms with Gasteiger partial charge in [0.25, 0.3) is 0 Å². The Bertz CT molecular complexity index is 385. The number of aryl methyl sites for hydroxylation is 2. The highest BCUT2D eigenvalue weighted by atomic mass is 35.5. The molecule has 0 heterocycles. The normalized spacial score (nSPS) is 17.8. The maximum Gasteiger partial charge on any atom is 0.116 e. The molecule has 82 valence electrons. The molecule has 0 aromatic heterocycles. The van der Waals surface area contributed by atoms with E-state index in [-0.39, 0.29) is 11.3 Å². The van der Waals surface area contributed by atoms with Gasteiger partial charge in [0, 0.05) is 10.6 Å². The summed E-state index contributed by atoms with van der Waals surface area (Å²) in [6.07, 6.45) is 4.03. The van der Waals surface area contributed by atoms with Crippen LogP contribution in [-0.4, -0.2) is 10.6 Å². The molecule has 0 radical (unpaired) electrons. The molecule has 0 atom stereocenters. The minimum absolute atomic E-state index is 0.0443. The van der Waals surface area contributed by atoms with Crippen molar-refractivity contribution in [1.29, 1.82) is 0 Å². The van der Waals surface area contributed by atoms with Gasteiger partial charge in [-0.05, 0) is 55.9 Å². The van der Waals surface area contributed by atoms with Crippen LogP contribution < -0.4 is 5.73 Å². The predicted molar refractivity (Wildman–Crippen MR) is 62.3 cm³/mol. The van der Waals surface area contributed by atoms with E-state index in [0.717, 1.165) is 41.8 Å². The van der Waals surface area contributed by atoms with E-state index in [1.54, 1.807) is 12.1 Å². The molecule has 0 bridgehead atoms. The van der Waals surface area contributed by atoms with Gasteiger partial charge < -0.3 is 10.8 Å².